The van der Waals surface area contributed by atoms with Crippen molar-refractivity contribution in [3.8, 4) is 11.5 Å². The van der Waals surface area contributed by atoms with Gasteiger partial charge >= 0.3 is 0 Å². The maximum absolute atomic E-state index is 13.8. The van der Waals surface area contributed by atoms with E-state index < -0.39 is 11.7 Å². The van der Waals surface area contributed by atoms with Crippen LogP contribution < -0.4 is 14.8 Å². The lowest BCUT2D eigenvalue weighted by Gasteiger charge is -2.16. The third kappa shape index (κ3) is 4.93. The Morgan fingerprint density at radius 3 is 2.45 bits per heavy atom. The van der Waals surface area contributed by atoms with Gasteiger partial charge in [-0.05, 0) is 47.9 Å². The number of carbonyl (C=O) groups excluding carboxylic acids is 1. The molecule has 0 heterocycles. The first-order chi connectivity index (χ1) is 14.0. The van der Waals surface area contributed by atoms with Crippen molar-refractivity contribution in [2.45, 2.75) is 26.4 Å². The lowest BCUT2D eigenvalue weighted by molar-refractivity contribution is 0.102. The molecule has 4 nitrogen and oxygen atoms in total. The molecule has 3 rings (SSSR count). The predicted molar refractivity (Wildman–Crippen MR) is 112 cm³/mol. The molecule has 0 saturated carbocycles. The first kappa shape index (κ1) is 20.4. The minimum Gasteiger partial charge on any atom is -0.496 e. The normalized spacial score (nSPS) is 10.7. The summed E-state index contributed by atoms with van der Waals surface area (Å²) in [5.41, 5.74) is 2.37. The van der Waals surface area contributed by atoms with Crippen LogP contribution in [0.2, 0.25) is 0 Å². The average Bonchev–Trinajstić information content (AvgIpc) is 2.73. The fourth-order valence-corrected chi connectivity index (χ4v) is 3.03. The number of halogens is 1. The van der Waals surface area contributed by atoms with Gasteiger partial charge < -0.3 is 14.8 Å². The number of para-hydroxylation sites is 2. The highest BCUT2D eigenvalue weighted by Gasteiger charge is 2.14. The Morgan fingerprint density at radius 1 is 1.00 bits per heavy atom. The SMILES string of the molecule is COc1ccc(C(=O)Nc2ccccc2F)cc1COc1ccccc1C(C)C. The van der Waals surface area contributed by atoms with Crippen molar-refractivity contribution in [2.24, 2.45) is 0 Å². The molecule has 3 aromatic rings. The van der Waals surface area contributed by atoms with Crippen molar-refractivity contribution >= 4 is 11.6 Å². The molecular formula is C24H24FNO3. The van der Waals surface area contributed by atoms with E-state index in [9.17, 15) is 9.18 Å². The van der Waals surface area contributed by atoms with Gasteiger partial charge in [0.15, 0.2) is 0 Å². The molecule has 0 aromatic heterocycles. The van der Waals surface area contributed by atoms with Gasteiger partial charge in [-0.25, -0.2) is 4.39 Å². The molecule has 3 aromatic carbocycles. The van der Waals surface area contributed by atoms with E-state index in [0.29, 0.717) is 17.2 Å². The lowest BCUT2D eigenvalue weighted by atomic mass is 10.0. The zero-order valence-electron chi connectivity index (χ0n) is 16.7. The topological polar surface area (TPSA) is 47.6 Å². The van der Waals surface area contributed by atoms with E-state index in [-0.39, 0.29) is 12.3 Å². The Labute approximate surface area is 170 Å². The van der Waals surface area contributed by atoms with Gasteiger partial charge in [-0.1, -0.05) is 44.2 Å². The number of anilines is 1. The smallest absolute Gasteiger partial charge is 0.255 e. The third-order valence-corrected chi connectivity index (χ3v) is 4.59. The number of carbonyl (C=O) groups is 1. The van der Waals surface area contributed by atoms with E-state index in [1.54, 1.807) is 37.4 Å². The second-order valence-electron chi connectivity index (χ2n) is 6.94. The number of amides is 1. The molecule has 0 spiro atoms. The van der Waals surface area contributed by atoms with Crippen LogP contribution in [0.15, 0.2) is 66.7 Å². The number of ether oxygens (including phenoxy) is 2. The fraction of sp³-hybridized carbons (Fsp3) is 0.208. The second-order valence-corrected chi connectivity index (χ2v) is 6.94. The van der Waals surface area contributed by atoms with Gasteiger partial charge in [0.1, 0.15) is 23.9 Å². The van der Waals surface area contributed by atoms with Crippen LogP contribution >= 0.6 is 0 Å². The Kier molecular flexibility index (Phi) is 6.50. The first-order valence-corrected chi connectivity index (χ1v) is 9.44. The maximum atomic E-state index is 13.8. The monoisotopic (exact) mass is 393 g/mol. The summed E-state index contributed by atoms with van der Waals surface area (Å²) in [7, 11) is 1.57. The molecule has 1 N–H and O–H groups in total. The van der Waals surface area contributed by atoms with Crippen LogP contribution in [0.25, 0.3) is 0 Å². The third-order valence-electron chi connectivity index (χ3n) is 4.59. The van der Waals surface area contributed by atoms with Gasteiger partial charge in [0.2, 0.25) is 0 Å². The summed E-state index contributed by atoms with van der Waals surface area (Å²) in [6.45, 7) is 4.46. The van der Waals surface area contributed by atoms with Gasteiger partial charge in [0.05, 0.1) is 12.8 Å². The van der Waals surface area contributed by atoms with Crippen molar-refractivity contribution in [1.82, 2.24) is 0 Å². The minimum absolute atomic E-state index is 0.136. The number of hydrogen-bond donors (Lipinski definition) is 1. The summed E-state index contributed by atoms with van der Waals surface area (Å²) >= 11 is 0. The molecule has 0 unspecified atom stereocenters. The molecule has 0 fully saturated rings. The zero-order chi connectivity index (χ0) is 20.8. The van der Waals surface area contributed by atoms with Crippen molar-refractivity contribution in [3.05, 3.63) is 89.2 Å². The number of benzene rings is 3. The summed E-state index contributed by atoms with van der Waals surface area (Å²) in [6.07, 6.45) is 0. The van der Waals surface area contributed by atoms with E-state index in [0.717, 1.165) is 16.9 Å². The standard InChI is InChI=1S/C24H24FNO3/c1-16(2)19-8-4-7-11-23(19)29-15-18-14-17(12-13-22(18)28-3)24(27)26-21-10-6-5-9-20(21)25/h4-14,16H,15H2,1-3H3,(H,26,27). The van der Waals surface area contributed by atoms with Gasteiger partial charge in [-0.15, -0.1) is 0 Å². The molecule has 5 heteroatoms. The van der Waals surface area contributed by atoms with Gasteiger partial charge in [0.25, 0.3) is 5.91 Å². The molecular weight excluding hydrogens is 369 g/mol. The zero-order valence-corrected chi connectivity index (χ0v) is 16.7. The highest BCUT2D eigenvalue weighted by molar-refractivity contribution is 6.04. The van der Waals surface area contributed by atoms with Crippen molar-refractivity contribution in [1.29, 1.82) is 0 Å². The van der Waals surface area contributed by atoms with Gasteiger partial charge in [-0.2, -0.15) is 0 Å². The summed E-state index contributed by atoms with van der Waals surface area (Å²) in [6, 6.07) is 19.0. The predicted octanol–water partition coefficient (Wildman–Crippen LogP) is 5.79. The van der Waals surface area contributed by atoms with Gasteiger partial charge in [-0.3, -0.25) is 4.79 Å². The molecule has 0 aliphatic heterocycles. The van der Waals surface area contributed by atoms with E-state index in [2.05, 4.69) is 19.2 Å². The van der Waals surface area contributed by atoms with Crippen LogP contribution in [-0.4, -0.2) is 13.0 Å². The van der Waals surface area contributed by atoms with Crippen LogP contribution in [0.3, 0.4) is 0 Å². The maximum Gasteiger partial charge on any atom is 0.255 e. The second kappa shape index (κ2) is 9.24. The number of methoxy groups -OCH3 is 1. The van der Waals surface area contributed by atoms with Crippen molar-refractivity contribution in [2.75, 3.05) is 12.4 Å². The highest BCUT2D eigenvalue weighted by atomic mass is 19.1. The summed E-state index contributed by atoms with van der Waals surface area (Å²) < 4.78 is 25.3. The summed E-state index contributed by atoms with van der Waals surface area (Å²) in [4.78, 5) is 12.6. The van der Waals surface area contributed by atoms with Crippen molar-refractivity contribution < 1.29 is 18.7 Å². The van der Waals surface area contributed by atoms with Crippen LogP contribution in [0.4, 0.5) is 10.1 Å². The molecule has 29 heavy (non-hydrogen) atoms. The molecule has 1 amide bonds. The quantitative estimate of drug-likeness (QED) is 0.553. The van der Waals surface area contributed by atoms with Crippen LogP contribution in [0.1, 0.15) is 41.3 Å². The van der Waals surface area contributed by atoms with E-state index >= 15 is 0 Å². The Morgan fingerprint density at radius 2 is 1.72 bits per heavy atom. The summed E-state index contributed by atoms with van der Waals surface area (Å²) in [5, 5.41) is 2.59. The van der Waals surface area contributed by atoms with Crippen molar-refractivity contribution in [3.63, 3.8) is 0 Å². The number of hydrogen-bond acceptors (Lipinski definition) is 3. The molecule has 150 valence electrons. The molecule has 0 atom stereocenters. The average molecular weight is 393 g/mol. The Bertz CT molecular complexity index is 1000. The summed E-state index contributed by atoms with van der Waals surface area (Å²) in [5.74, 6) is 0.857. The molecule has 0 radical (unpaired) electrons. The van der Waals surface area contributed by atoms with E-state index in [1.165, 1.54) is 12.1 Å². The lowest BCUT2D eigenvalue weighted by Crippen LogP contribution is -2.14. The molecule has 0 aliphatic rings. The van der Waals surface area contributed by atoms with Crippen LogP contribution in [-0.2, 0) is 6.61 Å². The van der Waals surface area contributed by atoms with Crippen LogP contribution in [0, 0.1) is 5.82 Å². The molecule has 0 saturated heterocycles. The number of nitrogens with one attached hydrogen (secondary N) is 1. The van der Waals surface area contributed by atoms with Gasteiger partial charge in [0, 0.05) is 11.1 Å². The van der Waals surface area contributed by atoms with E-state index in [1.807, 2.05) is 24.3 Å². The first-order valence-electron chi connectivity index (χ1n) is 9.44. The Hall–Kier alpha value is -3.34. The molecule has 0 bridgehead atoms. The molecule has 0 aliphatic carbocycles. The van der Waals surface area contributed by atoms with Crippen LogP contribution in [0.5, 0.6) is 11.5 Å². The largest absolute Gasteiger partial charge is 0.496 e. The number of rotatable bonds is 7. The highest BCUT2D eigenvalue weighted by Crippen LogP contribution is 2.28. The minimum atomic E-state index is -0.483. The van der Waals surface area contributed by atoms with E-state index in [4.69, 9.17) is 9.47 Å². The fourth-order valence-electron chi connectivity index (χ4n) is 3.03. The Balaban J connectivity index is 1.80.